The smallest absolute Gasteiger partial charge is 0.164 e. The second-order valence-electron chi connectivity index (χ2n) is 9.41. The topological polar surface area (TPSA) is 75.3 Å². The molecule has 0 unspecified atom stereocenters. The number of ether oxygens (including phenoxy) is 1. The summed E-state index contributed by atoms with van der Waals surface area (Å²) in [5.74, 6) is 3.04. The molecule has 0 amide bonds. The number of hydrogen-bond donors (Lipinski definition) is 2. The molecule has 4 heterocycles. The second-order valence-corrected chi connectivity index (χ2v) is 9.41. The molecule has 37 heavy (non-hydrogen) atoms. The Kier molecular flexibility index (Phi) is 6.18. The van der Waals surface area contributed by atoms with Crippen LogP contribution in [-0.2, 0) is 0 Å². The minimum absolute atomic E-state index is 0.552. The molecule has 2 aromatic heterocycles. The Balaban J connectivity index is 1.22. The molecule has 2 N–H and O–H groups in total. The highest BCUT2D eigenvalue weighted by Gasteiger charge is 2.13. The van der Waals surface area contributed by atoms with Gasteiger partial charge in [0.05, 0.1) is 5.69 Å². The Morgan fingerprint density at radius 2 is 1.57 bits per heavy atom. The number of amidine groups is 2. The van der Waals surface area contributed by atoms with E-state index < -0.39 is 0 Å². The first-order valence-corrected chi connectivity index (χ1v) is 12.8. The summed E-state index contributed by atoms with van der Waals surface area (Å²) in [4.78, 5) is 13.9. The van der Waals surface area contributed by atoms with Gasteiger partial charge in [-0.1, -0.05) is 43.0 Å². The van der Waals surface area contributed by atoms with Crippen LogP contribution in [0.1, 0.15) is 24.0 Å². The van der Waals surface area contributed by atoms with E-state index in [2.05, 4.69) is 92.5 Å². The molecular weight excluding hydrogens is 460 g/mol. The standard InChI is InChI=1S/C30H30N6O/c1-20-5-6-24(17-27(20)37-21(2)29-31-13-3-14-32-29)22-7-9-23(10-8-22)26-19-36-18-25(11-12-28(36)35-26)30-33-15-4-16-34-30/h5-12,17-19H,2-4,13-16H2,1H3,(H,31,32)(H,33,34). The fraction of sp³-hybridized carbons (Fsp3) is 0.233. The molecular formula is C30H30N6O. The van der Waals surface area contributed by atoms with Crippen molar-refractivity contribution in [2.45, 2.75) is 19.8 Å². The summed E-state index contributed by atoms with van der Waals surface area (Å²) in [7, 11) is 0. The summed E-state index contributed by atoms with van der Waals surface area (Å²) < 4.78 is 8.18. The van der Waals surface area contributed by atoms with Crippen LogP contribution < -0.4 is 15.4 Å². The molecule has 7 heteroatoms. The van der Waals surface area contributed by atoms with E-state index in [1.807, 2.05) is 13.0 Å². The van der Waals surface area contributed by atoms with Crippen LogP contribution in [0.3, 0.4) is 0 Å². The average Bonchev–Trinajstić information content (AvgIpc) is 3.39. The van der Waals surface area contributed by atoms with Crippen molar-refractivity contribution >= 4 is 17.3 Å². The second kappa shape index (κ2) is 9.93. The van der Waals surface area contributed by atoms with Gasteiger partial charge in [0, 0.05) is 49.7 Å². The highest BCUT2D eigenvalue weighted by molar-refractivity contribution is 5.99. The van der Waals surface area contributed by atoms with Gasteiger partial charge in [0.25, 0.3) is 0 Å². The fourth-order valence-electron chi connectivity index (χ4n) is 4.62. The predicted molar refractivity (Wildman–Crippen MR) is 150 cm³/mol. The van der Waals surface area contributed by atoms with Crippen molar-refractivity contribution in [2.24, 2.45) is 9.98 Å². The van der Waals surface area contributed by atoms with Crippen LogP contribution in [0.5, 0.6) is 5.75 Å². The number of benzene rings is 2. The molecule has 0 fully saturated rings. The predicted octanol–water partition coefficient (Wildman–Crippen LogP) is 5.00. The Hall–Kier alpha value is -4.39. The van der Waals surface area contributed by atoms with Gasteiger partial charge in [0.1, 0.15) is 17.2 Å². The first kappa shape index (κ1) is 23.0. The van der Waals surface area contributed by atoms with Crippen molar-refractivity contribution < 1.29 is 4.74 Å². The molecule has 0 radical (unpaired) electrons. The summed E-state index contributed by atoms with van der Waals surface area (Å²) >= 11 is 0. The van der Waals surface area contributed by atoms with Crippen molar-refractivity contribution in [1.82, 2.24) is 20.0 Å². The molecule has 2 aliphatic heterocycles. The molecule has 186 valence electrons. The summed E-state index contributed by atoms with van der Waals surface area (Å²) in [6.07, 6.45) is 6.27. The number of rotatable bonds is 6. The quantitative estimate of drug-likeness (QED) is 0.373. The summed E-state index contributed by atoms with van der Waals surface area (Å²) in [6, 6.07) is 18.9. The Morgan fingerprint density at radius 1 is 0.838 bits per heavy atom. The zero-order valence-electron chi connectivity index (χ0n) is 21.0. The molecule has 6 rings (SSSR count). The van der Waals surface area contributed by atoms with Crippen molar-refractivity contribution in [2.75, 3.05) is 26.2 Å². The number of fused-ring (bicyclic) bond motifs is 1. The zero-order valence-corrected chi connectivity index (χ0v) is 21.0. The maximum absolute atomic E-state index is 6.11. The van der Waals surface area contributed by atoms with Crippen molar-refractivity contribution in [3.63, 3.8) is 0 Å². The maximum Gasteiger partial charge on any atom is 0.164 e. The molecule has 0 atom stereocenters. The van der Waals surface area contributed by atoms with E-state index >= 15 is 0 Å². The molecule has 0 saturated heterocycles. The van der Waals surface area contributed by atoms with Crippen LogP contribution in [-0.4, -0.2) is 47.2 Å². The number of aryl methyl sites for hydroxylation is 1. The molecule has 4 aromatic rings. The van der Waals surface area contributed by atoms with Gasteiger partial charge in [-0.25, -0.2) is 4.98 Å². The molecule has 2 aliphatic rings. The monoisotopic (exact) mass is 490 g/mol. The van der Waals surface area contributed by atoms with E-state index in [4.69, 9.17) is 9.72 Å². The van der Waals surface area contributed by atoms with E-state index in [1.54, 1.807) is 0 Å². The summed E-state index contributed by atoms with van der Waals surface area (Å²) in [5, 5.41) is 6.65. The lowest BCUT2D eigenvalue weighted by atomic mass is 10.0. The van der Waals surface area contributed by atoms with Gasteiger partial charge in [-0.3, -0.25) is 9.98 Å². The number of pyridine rings is 1. The van der Waals surface area contributed by atoms with E-state index in [9.17, 15) is 0 Å². The van der Waals surface area contributed by atoms with Crippen LogP contribution in [0.25, 0.3) is 28.0 Å². The SMILES string of the molecule is C=C(Oc1cc(-c2ccc(-c3cn4cc(C5=NCCCN5)ccc4n3)cc2)ccc1C)C1=NCCCN1. The number of nitrogens with one attached hydrogen (secondary N) is 2. The highest BCUT2D eigenvalue weighted by Crippen LogP contribution is 2.30. The molecule has 0 saturated carbocycles. The number of aliphatic imine (C=N–C) groups is 2. The van der Waals surface area contributed by atoms with Crippen LogP contribution in [0.15, 0.2) is 89.3 Å². The highest BCUT2D eigenvalue weighted by atomic mass is 16.5. The molecule has 2 aromatic carbocycles. The van der Waals surface area contributed by atoms with E-state index in [0.717, 1.165) is 95.6 Å². The third-order valence-corrected chi connectivity index (χ3v) is 6.72. The van der Waals surface area contributed by atoms with E-state index in [0.29, 0.717) is 5.76 Å². The van der Waals surface area contributed by atoms with Gasteiger partial charge >= 0.3 is 0 Å². The average molecular weight is 491 g/mol. The van der Waals surface area contributed by atoms with E-state index in [1.165, 1.54) is 0 Å². The Morgan fingerprint density at radius 3 is 2.32 bits per heavy atom. The fourth-order valence-corrected chi connectivity index (χ4v) is 4.62. The third-order valence-electron chi connectivity index (χ3n) is 6.72. The molecule has 0 spiro atoms. The summed E-state index contributed by atoms with van der Waals surface area (Å²) in [6.45, 7) is 9.65. The van der Waals surface area contributed by atoms with Gasteiger partial charge in [-0.05, 0) is 54.7 Å². The van der Waals surface area contributed by atoms with E-state index in [-0.39, 0.29) is 0 Å². The lowest BCUT2D eigenvalue weighted by Gasteiger charge is -2.18. The lowest BCUT2D eigenvalue weighted by molar-refractivity contribution is 0.447. The first-order chi connectivity index (χ1) is 18.1. The van der Waals surface area contributed by atoms with Crippen LogP contribution >= 0.6 is 0 Å². The third kappa shape index (κ3) is 4.85. The summed E-state index contributed by atoms with van der Waals surface area (Å²) in [5.41, 5.74) is 7.25. The minimum Gasteiger partial charge on any atom is -0.454 e. The van der Waals surface area contributed by atoms with Crippen molar-refractivity contribution in [1.29, 1.82) is 0 Å². The van der Waals surface area contributed by atoms with Crippen LogP contribution in [0.2, 0.25) is 0 Å². The van der Waals surface area contributed by atoms with Gasteiger partial charge in [-0.2, -0.15) is 0 Å². The van der Waals surface area contributed by atoms with Gasteiger partial charge in [0.15, 0.2) is 11.6 Å². The normalized spacial score (nSPS) is 15.4. The lowest BCUT2D eigenvalue weighted by Crippen LogP contribution is -2.32. The van der Waals surface area contributed by atoms with Gasteiger partial charge in [-0.15, -0.1) is 0 Å². The molecule has 0 bridgehead atoms. The molecule has 0 aliphatic carbocycles. The number of nitrogens with zero attached hydrogens (tertiary/aromatic N) is 4. The van der Waals surface area contributed by atoms with Gasteiger partial charge < -0.3 is 19.8 Å². The zero-order chi connectivity index (χ0) is 25.2. The Labute approximate surface area is 216 Å². The largest absolute Gasteiger partial charge is 0.454 e. The first-order valence-electron chi connectivity index (χ1n) is 12.8. The van der Waals surface area contributed by atoms with Crippen molar-refractivity contribution in [3.05, 3.63) is 90.5 Å². The van der Waals surface area contributed by atoms with Crippen molar-refractivity contribution in [3.8, 4) is 28.1 Å². The number of imidazole rings is 1. The van der Waals surface area contributed by atoms with Crippen LogP contribution in [0.4, 0.5) is 0 Å². The van der Waals surface area contributed by atoms with Crippen LogP contribution in [0, 0.1) is 6.92 Å². The number of hydrogen-bond acceptors (Lipinski definition) is 6. The maximum atomic E-state index is 6.11. The number of aromatic nitrogens is 2. The molecule has 7 nitrogen and oxygen atoms in total. The Bertz CT molecular complexity index is 1530. The van der Waals surface area contributed by atoms with Gasteiger partial charge in [0.2, 0.25) is 0 Å². The minimum atomic E-state index is 0.552.